The molecule has 0 saturated heterocycles. The number of nitrogens with one attached hydrogen (secondary N) is 1. The molecule has 0 spiro atoms. The highest BCUT2D eigenvalue weighted by Crippen LogP contribution is 2.10. The van der Waals surface area contributed by atoms with Crippen LogP contribution in [0.5, 0.6) is 0 Å². The molecule has 0 atom stereocenters. The molecule has 0 fully saturated rings. The highest BCUT2D eigenvalue weighted by Gasteiger charge is 2.10. The molecule has 5 heteroatoms. The van der Waals surface area contributed by atoms with Crippen molar-refractivity contribution in [3.8, 4) is 0 Å². The molecule has 4 nitrogen and oxygen atoms in total. The molecule has 20 heavy (non-hydrogen) atoms. The van der Waals surface area contributed by atoms with Gasteiger partial charge in [-0.25, -0.2) is 0 Å². The van der Waals surface area contributed by atoms with Gasteiger partial charge in [-0.3, -0.25) is 4.79 Å². The number of amides is 1. The van der Waals surface area contributed by atoms with Crippen molar-refractivity contribution in [2.45, 2.75) is 13.1 Å². The Morgan fingerprint density at radius 1 is 1.30 bits per heavy atom. The molecule has 1 aromatic carbocycles. The lowest BCUT2D eigenvalue weighted by atomic mass is 10.2. The first-order valence-corrected chi connectivity index (χ1v) is 7.16. The molecule has 0 saturated carbocycles. The highest BCUT2D eigenvalue weighted by molar-refractivity contribution is 9.10. The first kappa shape index (κ1) is 14.8. The summed E-state index contributed by atoms with van der Waals surface area (Å²) >= 11 is 3.39. The summed E-state index contributed by atoms with van der Waals surface area (Å²) in [5.41, 5.74) is 1.72. The fourth-order valence-electron chi connectivity index (χ4n) is 1.88. The summed E-state index contributed by atoms with van der Waals surface area (Å²) in [6, 6.07) is 11.6. The number of hydrogen-bond donors (Lipinski definition) is 1. The van der Waals surface area contributed by atoms with Crippen LogP contribution in [0.1, 0.15) is 16.1 Å². The summed E-state index contributed by atoms with van der Waals surface area (Å²) in [4.78, 5) is 12.1. The van der Waals surface area contributed by atoms with Crippen molar-refractivity contribution < 1.29 is 9.53 Å². The number of nitrogens with zero attached hydrogens (tertiary/aromatic N) is 1. The lowest BCUT2D eigenvalue weighted by Gasteiger charge is -2.09. The molecule has 0 aliphatic heterocycles. The van der Waals surface area contributed by atoms with Crippen LogP contribution < -0.4 is 5.32 Å². The first-order valence-electron chi connectivity index (χ1n) is 6.37. The summed E-state index contributed by atoms with van der Waals surface area (Å²) in [7, 11) is 1.65. The highest BCUT2D eigenvalue weighted by atomic mass is 79.9. The van der Waals surface area contributed by atoms with E-state index in [-0.39, 0.29) is 5.91 Å². The van der Waals surface area contributed by atoms with Crippen molar-refractivity contribution in [3.05, 3.63) is 58.3 Å². The molecule has 0 unspecified atom stereocenters. The van der Waals surface area contributed by atoms with Crippen molar-refractivity contribution in [1.29, 1.82) is 0 Å². The molecule has 1 heterocycles. The van der Waals surface area contributed by atoms with Crippen LogP contribution in [0.15, 0.2) is 47.1 Å². The SMILES string of the molecule is COCCn1cccc1C(=O)NCc1ccc(Br)cc1. The van der Waals surface area contributed by atoms with E-state index in [4.69, 9.17) is 4.74 Å². The summed E-state index contributed by atoms with van der Waals surface area (Å²) in [5.74, 6) is -0.0750. The Labute approximate surface area is 126 Å². The van der Waals surface area contributed by atoms with Gasteiger partial charge in [0, 0.05) is 30.9 Å². The number of hydrogen-bond acceptors (Lipinski definition) is 2. The van der Waals surface area contributed by atoms with E-state index in [1.807, 2.05) is 47.2 Å². The van der Waals surface area contributed by atoms with Gasteiger partial charge >= 0.3 is 0 Å². The van der Waals surface area contributed by atoms with Gasteiger partial charge in [0.25, 0.3) is 5.91 Å². The molecule has 0 aliphatic carbocycles. The van der Waals surface area contributed by atoms with Gasteiger partial charge in [0.15, 0.2) is 0 Å². The minimum absolute atomic E-state index is 0.0750. The van der Waals surface area contributed by atoms with Gasteiger partial charge in [0.2, 0.25) is 0 Å². The summed E-state index contributed by atoms with van der Waals surface area (Å²) in [5, 5.41) is 2.92. The van der Waals surface area contributed by atoms with Crippen molar-refractivity contribution in [3.63, 3.8) is 0 Å². The number of benzene rings is 1. The zero-order valence-corrected chi connectivity index (χ0v) is 12.9. The maximum atomic E-state index is 12.1. The van der Waals surface area contributed by atoms with Crippen LogP contribution in [0.4, 0.5) is 0 Å². The van der Waals surface area contributed by atoms with E-state index in [1.165, 1.54) is 0 Å². The lowest BCUT2D eigenvalue weighted by molar-refractivity contribution is 0.0939. The van der Waals surface area contributed by atoms with Crippen LogP contribution in [0.3, 0.4) is 0 Å². The average molecular weight is 337 g/mol. The van der Waals surface area contributed by atoms with Gasteiger partial charge in [0.05, 0.1) is 6.61 Å². The van der Waals surface area contributed by atoms with Crippen LogP contribution in [-0.2, 0) is 17.8 Å². The van der Waals surface area contributed by atoms with Crippen molar-refractivity contribution in [2.24, 2.45) is 0 Å². The van der Waals surface area contributed by atoms with Gasteiger partial charge in [-0.1, -0.05) is 28.1 Å². The molecule has 0 aliphatic rings. The molecule has 2 rings (SSSR count). The number of carbonyl (C=O) groups is 1. The van der Waals surface area contributed by atoms with Gasteiger partial charge in [-0.15, -0.1) is 0 Å². The molecule has 0 bridgehead atoms. The Kier molecular flexibility index (Phi) is 5.38. The van der Waals surface area contributed by atoms with E-state index in [0.717, 1.165) is 10.0 Å². The predicted molar refractivity (Wildman–Crippen MR) is 81.6 cm³/mol. The van der Waals surface area contributed by atoms with Crippen molar-refractivity contribution >= 4 is 21.8 Å². The maximum Gasteiger partial charge on any atom is 0.268 e. The summed E-state index contributed by atoms with van der Waals surface area (Å²) in [6.07, 6.45) is 1.88. The van der Waals surface area contributed by atoms with Crippen molar-refractivity contribution in [1.82, 2.24) is 9.88 Å². The Bertz CT molecular complexity index is 564. The number of halogens is 1. The zero-order valence-electron chi connectivity index (χ0n) is 11.3. The monoisotopic (exact) mass is 336 g/mol. The summed E-state index contributed by atoms with van der Waals surface area (Å²) in [6.45, 7) is 1.77. The fourth-order valence-corrected chi connectivity index (χ4v) is 2.14. The second-order valence-electron chi connectivity index (χ2n) is 4.39. The minimum atomic E-state index is -0.0750. The van der Waals surface area contributed by atoms with E-state index in [1.54, 1.807) is 7.11 Å². The normalized spacial score (nSPS) is 10.5. The van der Waals surface area contributed by atoms with Crippen LogP contribution >= 0.6 is 15.9 Å². The Balaban J connectivity index is 1.94. The fraction of sp³-hybridized carbons (Fsp3) is 0.267. The maximum absolute atomic E-state index is 12.1. The second kappa shape index (κ2) is 7.26. The van der Waals surface area contributed by atoms with Gasteiger partial charge in [-0.2, -0.15) is 0 Å². The Hall–Kier alpha value is -1.59. The third-order valence-electron chi connectivity index (χ3n) is 2.96. The number of rotatable bonds is 6. The van der Waals surface area contributed by atoms with Crippen LogP contribution in [-0.4, -0.2) is 24.2 Å². The Morgan fingerprint density at radius 3 is 2.75 bits per heavy atom. The number of ether oxygens (including phenoxy) is 1. The van der Waals surface area contributed by atoms with Gasteiger partial charge in [-0.05, 0) is 29.8 Å². The molecular formula is C15H17BrN2O2. The third kappa shape index (κ3) is 3.95. The quantitative estimate of drug-likeness (QED) is 0.881. The lowest BCUT2D eigenvalue weighted by Crippen LogP contribution is -2.25. The largest absolute Gasteiger partial charge is 0.383 e. The Morgan fingerprint density at radius 2 is 2.05 bits per heavy atom. The molecular weight excluding hydrogens is 320 g/mol. The third-order valence-corrected chi connectivity index (χ3v) is 3.49. The van der Waals surface area contributed by atoms with E-state index >= 15 is 0 Å². The van der Waals surface area contributed by atoms with E-state index in [2.05, 4.69) is 21.2 Å². The topological polar surface area (TPSA) is 43.3 Å². The number of carbonyl (C=O) groups excluding carboxylic acids is 1. The van der Waals surface area contributed by atoms with Crippen LogP contribution in [0.2, 0.25) is 0 Å². The average Bonchev–Trinajstić information content (AvgIpc) is 2.92. The second-order valence-corrected chi connectivity index (χ2v) is 5.30. The minimum Gasteiger partial charge on any atom is -0.383 e. The zero-order chi connectivity index (χ0) is 14.4. The molecule has 0 radical (unpaired) electrons. The molecule has 2 aromatic rings. The summed E-state index contributed by atoms with van der Waals surface area (Å²) < 4.78 is 7.95. The molecule has 106 valence electrons. The van der Waals surface area contributed by atoms with Crippen LogP contribution in [0.25, 0.3) is 0 Å². The number of aromatic nitrogens is 1. The number of methoxy groups -OCH3 is 1. The smallest absolute Gasteiger partial charge is 0.268 e. The van der Waals surface area contributed by atoms with E-state index in [9.17, 15) is 4.79 Å². The standard InChI is InChI=1S/C15H17BrN2O2/c1-20-10-9-18-8-2-3-14(18)15(19)17-11-12-4-6-13(16)7-5-12/h2-8H,9-11H2,1H3,(H,17,19). The van der Waals surface area contributed by atoms with E-state index in [0.29, 0.717) is 25.4 Å². The molecule has 1 amide bonds. The van der Waals surface area contributed by atoms with Gasteiger partial charge < -0.3 is 14.6 Å². The van der Waals surface area contributed by atoms with Crippen molar-refractivity contribution in [2.75, 3.05) is 13.7 Å². The van der Waals surface area contributed by atoms with Gasteiger partial charge in [0.1, 0.15) is 5.69 Å². The molecule has 1 aromatic heterocycles. The predicted octanol–water partition coefficient (Wildman–Crippen LogP) is 2.83. The van der Waals surface area contributed by atoms with E-state index < -0.39 is 0 Å². The first-order chi connectivity index (χ1) is 9.70. The van der Waals surface area contributed by atoms with Crippen LogP contribution in [0, 0.1) is 0 Å². The molecule has 1 N–H and O–H groups in total.